The van der Waals surface area contributed by atoms with Crippen molar-refractivity contribution in [1.82, 2.24) is 15.2 Å². The van der Waals surface area contributed by atoms with Crippen LogP contribution in [0, 0.1) is 6.92 Å². The Labute approximate surface area is 166 Å². The molecule has 1 saturated heterocycles. The van der Waals surface area contributed by atoms with E-state index in [1.165, 1.54) is 0 Å². The van der Waals surface area contributed by atoms with Gasteiger partial charge < -0.3 is 15.4 Å². The number of carbonyl (C=O) groups is 1. The topological polar surface area (TPSA) is 66.5 Å². The van der Waals surface area contributed by atoms with E-state index >= 15 is 0 Å². The zero-order valence-corrected chi connectivity index (χ0v) is 16.4. The first-order valence-electron chi connectivity index (χ1n) is 10.1. The van der Waals surface area contributed by atoms with Crippen LogP contribution >= 0.6 is 0 Å². The van der Waals surface area contributed by atoms with Gasteiger partial charge in [0, 0.05) is 49.5 Å². The van der Waals surface area contributed by atoms with Crippen LogP contribution in [0.25, 0.3) is 11.1 Å². The summed E-state index contributed by atoms with van der Waals surface area (Å²) in [6.45, 7) is 7.56. The van der Waals surface area contributed by atoms with E-state index in [9.17, 15) is 4.79 Å². The maximum Gasteiger partial charge on any atom is 0.251 e. The van der Waals surface area contributed by atoms with Gasteiger partial charge in [-0.05, 0) is 55.2 Å². The van der Waals surface area contributed by atoms with Crippen LogP contribution in [0.5, 0.6) is 0 Å². The molecule has 1 aromatic heterocycles. The number of amides is 1. The van der Waals surface area contributed by atoms with Crippen molar-refractivity contribution in [2.24, 2.45) is 0 Å². The first-order chi connectivity index (χ1) is 13.7. The van der Waals surface area contributed by atoms with Crippen LogP contribution in [0.3, 0.4) is 0 Å². The summed E-state index contributed by atoms with van der Waals surface area (Å²) >= 11 is 0. The van der Waals surface area contributed by atoms with Crippen molar-refractivity contribution in [2.45, 2.75) is 25.8 Å². The fourth-order valence-corrected chi connectivity index (χ4v) is 3.40. The van der Waals surface area contributed by atoms with Crippen molar-refractivity contribution in [3.63, 3.8) is 0 Å². The molecule has 0 spiro atoms. The van der Waals surface area contributed by atoms with Crippen LogP contribution in [0.1, 0.15) is 28.8 Å². The first kappa shape index (κ1) is 18.9. The Morgan fingerprint density at radius 3 is 2.75 bits per heavy atom. The SMILES string of the molecule is Cc1ccc(C(=O)NC2CC2)cc1-c1ccc(NCCN2CCOCC2)nc1. The van der Waals surface area contributed by atoms with E-state index in [4.69, 9.17) is 4.74 Å². The van der Waals surface area contributed by atoms with Crippen molar-refractivity contribution < 1.29 is 9.53 Å². The molecule has 1 amide bonds. The Balaban J connectivity index is 1.38. The van der Waals surface area contributed by atoms with Crippen LogP contribution in [-0.4, -0.2) is 61.2 Å². The van der Waals surface area contributed by atoms with E-state index < -0.39 is 0 Å². The molecule has 148 valence electrons. The van der Waals surface area contributed by atoms with E-state index in [-0.39, 0.29) is 5.91 Å². The summed E-state index contributed by atoms with van der Waals surface area (Å²) in [4.78, 5) is 19.3. The minimum atomic E-state index is 0.0121. The number of rotatable bonds is 7. The summed E-state index contributed by atoms with van der Waals surface area (Å²) in [5.41, 5.74) is 3.92. The summed E-state index contributed by atoms with van der Waals surface area (Å²) in [6.07, 6.45) is 4.06. The van der Waals surface area contributed by atoms with Gasteiger partial charge in [-0.25, -0.2) is 4.98 Å². The number of pyridine rings is 1. The molecule has 2 fully saturated rings. The minimum absolute atomic E-state index is 0.0121. The molecule has 0 bridgehead atoms. The van der Waals surface area contributed by atoms with Crippen LogP contribution in [0.4, 0.5) is 5.82 Å². The second kappa shape index (κ2) is 8.71. The Morgan fingerprint density at radius 2 is 2.04 bits per heavy atom. The lowest BCUT2D eigenvalue weighted by Gasteiger charge is -2.26. The van der Waals surface area contributed by atoms with Crippen molar-refractivity contribution in [2.75, 3.05) is 44.7 Å². The van der Waals surface area contributed by atoms with Crippen LogP contribution in [0.15, 0.2) is 36.5 Å². The smallest absolute Gasteiger partial charge is 0.251 e. The van der Waals surface area contributed by atoms with Crippen molar-refractivity contribution in [1.29, 1.82) is 0 Å². The van der Waals surface area contributed by atoms with Gasteiger partial charge in [0.1, 0.15) is 5.82 Å². The van der Waals surface area contributed by atoms with Crippen LogP contribution in [0.2, 0.25) is 0 Å². The first-order valence-corrected chi connectivity index (χ1v) is 10.1. The molecular weight excluding hydrogens is 352 g/mol. The van der Waals surface area contributed by atoms with Crippen LogP contribution < -0.4 is 10.6 Å². The molecule has 2 aliphatic rings. The molecule has 6 heteroatoms. The summed E-state index contributed by atoms with van der Waals surface area (Å²) in [5, 5.41) is 6.44. The molecule has 1 aliphatic carbocycles. The molecule has 2 heterocycles. The zero-order chi connectivity index (χ0) is 19.3. The van der Waals surface area contributed by atoms with Crippen molar-refractivity contribution in [3.05, 3.63) is 47.7 Å². The Morgan fingerprint density at radius 1 is 1.21 bits per heavy atom. The minimum Gasteiger partial charge on any atom is -0.379 e. The average Bonchev–Trinajstić information content (AvgIpc) is 3.54. The molecular formula is C22H28N4O2. The van der Waals surface area contributed by atoms with Gasteiger partial charge in [-0.3, -0.25) is 9.69 Å². The summed E-state index contributed by atoms with van der Waals surface area (Å²) < 4.78 is 5.37. The van der Waals surface area contributed by atoms with Crippen molar-refractivity contribution >= 4 is 11.7 Å². The Hall–Kier alpha value is -2.44. The standard InChI is InChI=1S/C22H28N4O2/c1-16-2-3-17(22(27)25-19-5-6-19)14-20(16)18-4-7-21(24-15-18)23-8-9-26-10-12-28-13-11-26/h2-4,7,14-15,19H,5-6,8-13H2,1H3,(H,23,24)(H,25,27). The number of anilines is 1. The molecule has 1 aromatic carbocycles. The van der Waals surface area contributed by atoms with Gasteiger partial charge in [0.15, 0.2) is 0 Å². The molecule has 0 atom stereocenters. The molecule has 6 nitrogen and oxygen atoms in total. The van der Waals surface area contributed by atoms with E-state index in [1.807, 2.05) is 30.5 Å². The van der Waals surface area contributed by atoms with E-state index in [1.54, 1.807) is 0 Å². The number of aryl methyl sites for hydroxylation is 1. The fourth-order valence-electron chi connectivity index (χ4n) is 3.40. The molecule has 2 aromatic rings. The predicted molar refractivity (Wildman–Crippen MR) is 111 cm³/mol. The summed E-state index contributed by atoms with van der Waals surface area (Å²) in [7, 11) is 0. The summed E-state index contributed by atoms with van der Waals surface area (Å²) in [5.74, 6) is 0.885. The maximum absolute atomic E-state index is 12.3. The lowest BCUT2D eigenvalue weighted by atomic mass is 9.99. The number of aromatic nitrogens is 1. The number of carbonyl (C=O) groups excluding carboxylic acids is 1. The Bertz CT molecular complexity index is 812. The van der Waals surface area contributed by atoms with E-state index in [2.05, 4.69) is 33.5 Å². The quantitative estimate of drug-likeness (QED) is 0.773. The highest BCUT2D eigenvalue weighted by atomic mass is 16.5. The average molecular weight is 380 g/mol. The fraction of sp³-hybridized carbons (Fsp3) is 0.455. The van der Waals surface area contributed by atoms with Crippen LogP contribution in [-0.2, 0) is 4.74 Å². The number of morpholine rings is 1. The molecule has 1 saturated carbocycles. The van der Waals surface area contributed by atoms with Gasteiger partial charge in [0.25, 0.3) is 5.91 Å². The van der Waals surface area contributed by atoms with E-state index in [0.29, 0.717) is 11.6 Å². The van der Waals surface area contributed by atoms with Gasteiger partial charge in [-0.2, -0.15) is 0 Å². The highest BCUT2D eigenvalue weighted by molar-refractivity contribution is 5.96. The third-order valence-electron chi connectivity index (χ3n) is 5.32. The third kappa shape index (κ3) is 4.88. The van der Waals surface area contributed by atoms with Crippen molar-refractivity contribution in [3.8, 4) is 11.1 Å². The maximum atomic E-state index is 12.3. The third-order valence-corrected chi connectivity index (χ3v) is 5.32. The lowest BCUT2D eigenvalue weighted by molar-refractivity contribution is 0.0398. The van der Waals surface area contributed by atoms with Gasteiger partial charge >= 0.3 is 0 Å². The summed E-state index contributed by atoms with van der Waals surface area (Å²) in [6, 6.07) is 10.3. The second-order valence-electron chi connectivity index (χ2n) is 7.59. The molecule has 28 heavy (non-hydrogen) atoms. The van der Waals surface area contributed by atoms with E-state index in [0.717, 1.165) is 74.7 Å². The Kier molecular flexibility index (Phi) is 5.88. The highest BCUT2D eigenvalue weighted by Gasteiger charge is 2.24. The van der Waals surface area contributed by atoms with Gasteiger partial charge in [-0.1, -0.05) is 6.07 Å². The zero-order valence-electron chi connectivity index (χ0n) is 16.4. The molecule has 1 aliphatic heterocycles. The predicted octanol–water partition coefficient (Wildman–Crippen LogP) is 2.69. The number of ether oxygens (including phenoxy) is 1. The van der Waals surface area contributed by atoms with Gasteiger partial charge in [0.05, 0.1) is 13.2 Å². The molecule has 4 rings (SSSR count). The highest BCUT2D eigenvalue weighted by Crippen LogP contribution is 2.26. The number of hydrogen-bond acceptors (Lipinski definition) is 5. The number of nitrogens with zero attached hydrogens (tertiary/aromatic N) is 2. The molecule has 2 N–H and O–H groups in total. The largest absolute Gasteiger partial charge is 0.379 e. The lowest BCUT2D eigenvalue weighted by Crippen LogP contribution is -2.39. The van der Waals surface area contributed by atoms with Gasteiger partial charge in [-0.15, -0.1) is 0 Å². The van der Waals surface area contributed by atoms with Gasteiger partial charge in [0.2, 0.25) is 0 Å². The monoisotopic (exact) mass is 380 g/mol. The number of benzene rings is 1. The normalized spacial score (nSPS) is 17.3. The number of hydrogen-bond donors (Lipinski definition) is 2. The second-order valence-corrected chi connectivity index (χ2v) is 7.59. The number of nitrogens with one attached hydrogen (secondary N) is 2. The molecule has 0 unspecified atom stereocenters. The molecule has 0 radical (unpaired) electrons.